The molecule has 16 heavy (non-hydrogen) atoms. The molecule has 2 aromatic heterocycles. The van der Waals surface area contributed by atoms with Crippen molar-refractivity contribution in [1.82, 2.24) is 9.97 Å². The lowest BCUT2D eigenvalue weighted by atomic mass is 10.5. The summed E-state index contributed by atoms with van der Waals surface area (Å²) in [4.78, 5) is 30.9. The van der Waals surface area contributed by atoms with Crippen LogP contribution in [0.15, 0.2) is 12.4 Å². The summed E-state index contributed by atoms with van der Waals surface area (Å²) in [5.41, 5.74) is 0. The second kappa shape index (κ2) is 5.09. The molecule has 0 fully saturated rings. The summed E-state index contributed by atoms with van der Waals surface area (Å²) in [6.07, 6.45) is 5.86. The predicted molar refractivity (Wildman–Crippen MR) is 62.8 cm³/mol. The van der Waals surface area contributed by atoms with Crippen LogP contribution in [-0.4, -0.2) is 22.5 Å². The lowest BCUT2D eigenvalue weighted by Gasteiger charge is -1.85. The monoisotopic (exact) mass is 252 g/mol. The van der Waals surface area contributed by atoms with Crippen LogP contribution in [0.3, 0.4) is 0 Å². The van der Waals surface area contributed by atoms with Gasteiger partial charge in [0.15, 0.2) is 0 Å². The Balaban J connectivity index is 2.20. The molecule has 2 aromatic rings. The Morgan fingerprint density at radius 1 is 0.938 bits per heavy atom. The zero-order valence-electron chi connectivity index (χ0n) is 8.25. The van der Waals surface area contributed by atoms with Crippen molar-refractivity contribution in [3.05, 3.63) is 22.4 Å². The third-order valence-corrected chi connectivity index (χ3v) is 4.10. The molecule has 0 radical (unpaired) electrons. The molecule has 0 saturated carbocycles. The standard InChI is InChI=1S/C10H8N2O2S2/c13-3-1-9-11-5-7(15-9)8-6-12-10(16-8)2-4-14/h3-6H,1-2H2. The van der Waals surface area contributed by atoms with Crippen LogP contribution in [0.25, 0.3) is 9.75 Å². The Kier molecular flexibility index (Phi) is 3.53. The van der Waals surface area contributed by atoms with Gasteiger partial charge in [-0.05, 0) is 0 Å². The maximum Gasteiger partial charge on any atom is 0.126 e. The van der Waals surface area contributed by atoms with E-state index < -0.39 is 0 Å². The summed E-state index contributed by atoms with van der Waals surface area (Å²) in [6, 6.07) is 0. The van der Waals surface area contributed by atoms with Gasteiger partial charge in [-0.1, -0.05) is 0 Å². The van der Waals surface area contributed by atoms with Crippen molar-refractivity contribution < 1.29 is 9.59 Å². The van der Waals surface area contributed by atoms with Gasteiger partial charge in [0.2, 0.25) is 0 Å². The van der Waals surface area contributed by atoms with Crippen molar-refractivity contribution in [3.63, 3.8) is 0 Å². The van der Waals surface area contributed by atoms with Gasteiger partial charge < -0.3 is 9.59 Å². The van der Waals surface area contributed by atoms with Crippen LogP contribution in [-0.2, 0) is 22.4 Å². The highest BCUT2D eigenvalue weighted by Gasteiger charge is 2.08. The Bertz CT molecular complexity index is 458. The van der Waals surface area contributed by atoms with Crippen LogP contribution in [0, 0.1) is 0 Å². The van der Waals surface area contributed by atoms with Crippen LogP contribution in [0.5, 0.6) is 0 Å². The van der Waals surface area contributed by atoms with E-state index in [1.807, 2.05) is 0 Å². The van der Waals surface area contributed by atoms with Crippen molar-refractivity contribution in [2.45, 2.75) is 12.8 Å². The highest BCUT2D eigenvalue weighted by atomic mass is 32.1. The van der Waals surface area contributed by atoms with E-state index in [1.165, 1.54) is 22.7 Å². The average Bonchev–Trinajstić information content (AvgIpc) is 2.87. The fourth-order valence-corrected chi connectivity index (χ4v) is 2.97. The molecule has 0 N–H and O–H groups in total. The van der Waals surface area contributed by atoms with E-state index in [9.17, 15) is 9.59 Å². The van der Waals surface area contributed by atoms with Gasteiger partial charge in [-0.15, -0.1) is 22.7 Å². The summed E-state index contributed by atoms with van der Waals surface area (Å²) >= 11 is 2.96. The Morgan fingerprint density at radius 3 is 1.75 bits per heavy atom. The van der Waals surface area contributed by atoms with Gasteiger partial charge in [-0.3, -0.25) is 0 Å². The quantitative estimate of drug-likeness (QED) is 0.761. The maximum absolute atomic E-state index is 10.3. The number of hydrogen-bond donors (Lipinski definition) is 0. The molecule has 0 spiro atoms. The second-order valence-electron chi connectivity index (χ2n) is 2.98. The first-order valence-electron chi connectivity index (χ1n) is 4.60. The molecule has 0 aliphatic heterocycles. The van der Waals surface area contributed by atoms with Gasteiger partial charge in [0, 0.05) is 12.4 Å². The van der Waals surface area contributed by atoms with Crippen molar-refractivity contribution in [3.8, 4) is 9.75 Å². The summed E-state index contributed by atoms with van der Waals surface area (Å²) in [5.74, 6) is 0. The Labute approximate surface area is 100.0 Å². The number of aromatic nitrogens is 2. The Hall–Kier alpha value is -1.40. The molecule has 0 amide bonds. The topological polar surface area (TPSA) is 59.9 Å². The van der Waals surface area contributed by atoms with Gasteiger partial charge >= 0.3 is 0 Å². The molecular weight excluding hydrogens is 244 g/mol. The first kappa shape index (κ1) is 11.1. The molecule has 0 aliphatic carbocycles. The number of thiazole rings is 2. The van der Waals surface area contributed by atoms with Gasteiger partial charge in [0.1, 0.15) is 22.6 Å². The molecule has 0 atom stereocenters. The van der Waals surface area contributed by atoms with Gasteiger partial charge in [0.05, 0.1) is 22.6 Å². The van der Waals surface area contributed by atoms with Gasteiger partial charge in [-0.2, -0.15) is 0 Å². The largest absolute Gasteiger partial charge is 0.303 e. The number of carbonyl (C=O) groups is 2. The number of nitrogens with zero attached hydrogens (tertiary/aromatic N) is 2. The fraction of sp³-hybridized carbons (Fsp3) is 0.200. The van der Waals surface area contributed by atoms with Crippen molar-refractivity contribution >= 4 is 35.2 Å². The van der Waals surface area contributed by atoms with Gasteiger partial charge in [0.25, 0.3) is 0 Å². The van der Waals surface area contributed by atoms with Crippen LogP contribution in [0.1, 0.15) is 10.0 Å². The van der Waals surface area contributed by atoms with Crippen LogP contribution >= 0.6 is 22.7 Å². The lowest BCUT2D eigenvalue weighted by Crippen LogP contribution is -1.80. The zero-order valence-corrected chi connectivity index (χ0v) is 9.88. The minimum Gasteiger partial charge on any atom is -0.303 e. The van der Waals surface area contributed by atoms with E-state index in [-0.39, 0.29) is 0 Å². The molecule has 0 aliphatic rings. The zero-order chi connectivity index (χ0) is 11.4. The molecule has 0 aromatic carbocycles. The van der Waals surface area contributed by atoms with E-state index in [0.29, 0.717) is 12.8 Å². The SMILES string of the molecule is O=CCc1ncc(-c2cnc(CC=O)s2)s1. The highest BCUT2D eigenvalue weighted by molar-refractivity contribution is 7.21. The highest BCUT2D eigenvalue weighted by Crippen LogP contribution is 2.30. The molecule has 82 valence electrons. The average molecular weight is 252 g/mol. The normalized spacial score (nSPS) is 10.2. The number of hydrogen-bond acceptors (Lipinski definition) is 6. The summed E-state index contributed by atoms with van der Waals surface area (Å²) in [7, 11) is 0. The van der Waals surface area contributed by atoms with Crippen molar-refractivity contribution in [2.75, 3.05) is 0 Å². The lowest BCUT2D eigenvalue weighted by molar-refractivity contribution is -0.108. The maximum atomic E-state index is 10.3. The van der Waals surface area contributed by atoms with E-state index >= 15 is 0 Å². The molecule has 6 heteroatoms. The molecule has 0 bridgehead atoms. The molecule has 2 heterocycles. The minimum atomic E-state index is 0.352. The second-order valence-corrected chi connectivity index (χ2v) is 5.21. The van der Waals surface area contributed by atoms with Crippen molar-refractivity contribution in [2.24, 2.45) is 0 Å². The number of rotatable bonds is 5. The number of carbonyl (C=O) groups excluding carboxylic acids is 2. The summed E-state index contributed by atoms with van der Waals surface area (Å²) < 4.78 is 0. The first-order valence-corrected chi connectivity index (χ1v) is 6.24. The molecule has 2 rings (SSSR count). The third-order valence-electron chi connectivity index (χ3n) is 1.87. The van der Waals surface area contributed by atoms with Crippen LogP contribution in [0.2, 0.25) is 0 Å². The fourth-order valence-electron chi connectivity index (χ4n) is 1.18. The summed E-state index contributed by atoms with van der Waals surface area (Å²) in [5, 5.41) is 1.60. The van der Waals surface area contributed by atoms with Crippen LogP contribution < -0.4 is 0 Å². The van der Waals surface area contributed by atoms with Crippen molar-refractivity contribution in [1.29, 1.82) is 0 Å². The molecule has 0 unspecified atom stereocenters. The van der Waals surface area contributed by atoms with Gasteiger partial charge in [-0.25, -0.2) is 9.97 Å². The van der Waals surface area contributed by atoms with Crippen LogP contribution in [0.4, 0.5) is 0 Å². The predicted octanol–water partition coefficient (Wildman–Crippen LogP) is 1.75. The van der Waals surface area contributed by atoms with E-state index in [2.05, 4.69) is 9.97 Å². The van der Waals surface area contributed by atoms with E-state index in [1.54, 1.807) is 12.4 Å². The molecular formula is C10H8N2O2S2. The van der Waals surface area contributed by atoms with E-state index in [0.717, 1.165) is 32.3 Å². The first-order chi connectivity index (χ1) is 7.83. The minimum absolute atomic E-state index is 0.352. The Morgan fingerprint density at radius 2 is 1.38 bits per heavy atom. The number of aldehydes is 2. The smallest absolute Gasteiger partial charge is 0.126 e. The molecule has 0 saturated heterocycles. The van der Waals surface area contributed by atoms with E-state index in [4.69, 9.17) is 0 Å². The third kappa shape index (κ3) is 2.40. The summed E-state index contributed by atoms with van der Waals surface area (Å²) in [6.45, 7) is 0. The molecule has 4 nitrogen and oxygen atoms in total.